The van der Waals surface area contributed by atoms with E-state index in [-0.39, 0.29) is 28.6 Å². The molecule has 0 unspecified atom stereocenters. The Morgan fingerprint density at radius 1 is 0.889 bits per heavy atom. The van der Waals surface area contributed by atoms with Crippen molar-refractivity contribution in [3.63, 3.8) is 0 Å². The number of nitrogens with one attached hydrogen (secondary N) is 1. The number of ether oxygens (including phenoxy) is 1. The third-order valence-corrected chi connectivity index (χ3v) is 9.53. The molecule has 0 radical (unpaired) electrons. The van der Waals surface area contributed by atoms with Gasteiger partial charge in [-0.15, -0.1) is 0 Å². The lowest BCUT2D eigenvalue weighted by Gasteiger charge is -2.34. The van der Waals surface area contributed by atoms with Crippen LogP contribution in [0.2, 0.25) is 10.0 Å². The second-order valence-corrected chi connectivity index (χ2v) is 12.7. The molecule has 1 N–H and O–H groups in total. The van der Waals surface area contributed by atoms with Crippen LogP contribution in [0, 0.1) is 5.82 Å². The fourth-order valence-electron chi connectivity index (χ4n) is 4.69. The van der Waals surface area contributed by atoms with Gasteiger partial charge >= 0.3 is 0 Å². The highest BCUT2D eigenvalue weighted by molar-refractivity contribution is 7.92. The molecule has 45 heavy (non-hydrogen) atoms. The number of likely N-dealkylation sites (N-methyl/N-ethyl adjacent to an activating group) is 1. The molecule has 0 aliphatic rings. The molecule has 0 spiro atoms. The predicted molar refractivity (Wildman–Crippen MR) is 174 cm³/mol. The number of sulfonamides is 1. The summed E-state index contributed by atoms with van der Waals surface area (Å²) in [7, 11) is -2.90. The van der Waals surface area contributed by atoms with E-state index in [0.29, 0.717) is 22.9 Å². The second-order valence-electron chi connectivity index (χ2n) is 10.0. The minimum absolute atomic E-state index is 0.0627. The Hall–Kier alpha value is -4.12. The van der Waals surface area contributed by atoms with Crippen LogP contribution < -0.4 is 14.4 Å². The van der Waals surface area contributed by atoms with Crippen molar-refractivity contribution in [1.29, 1.82) is 0 Å². The molecule has 8 nitrogen and oxygen atoms in total. The number of benzene rings is 4. The minimum Gasteiger partial charge on any atom is -0.497 e. The number of carbonyl (C=O) groups is 2. The van der Waals surface area contributed by atoms with E-state index in [4.69, 9.17) is 27.9 Å². The fourth-order valence-corrected chi connectivity index (χ4v) is 6.43. The van der Waals surface area contributed by atoms with Crippen molar-refractivity contribution < 1.29 is 27.1 Å². The lowest BCUT2D eigenvalue weighted by Crippen LogP contribution is -2.53. The lowest BCUT2D eigenvalue weighted by atomic mass is 10.0. The van der Waals surface area contributed by atoms with Crippen LogP contribution in [0.3, 0.4) is 0 Å². The Bertz CT molecular complexity index is 1720. The van der Waals surface area contributed by atoms with Gasteiger partial charge in [-0.2, -0.15) is 0 Å². The Morgan fingerprint density at radius 2 is 1.56 bits per heavy atom. The van der Waals surface area contributed by atoms with Gasteiger partial charge in [0.05, 0.1) is 27.7 Å². The fraction of sp³-hybridized carbons (Fsp3) is 0.212. The number of hydrogen-bond donors (Lipinski definition) is 1. The number of hydrogen-bond acceptors (Lipinski definition) is 5. The molecule has 4 aromatic carbocycles. The quantitative estimate of drug-likeness (QED) is 0.185. The van der Waals surface area contributed by atoms with E-state index in [1.165, 1.54) is 48.4 Å². The zero-order chi connectivity index (χ0) is 32.6. The monoisotopic (exact) mass is 671 g/mol. The summed E-state index contributed by atoms with van der Waals surface area (Å²) in [6.45, 7) is 1.31. The van der Waals surface area contributed by atoms with Crippen molar-refractivity contribution >= 4 is 50.7 Å². The topological polar surface area (TPSA) is 96.0 Å². The van der Waals surface area contributed by atoms with Gasteiger partial charge < -0.3 is 15.0 Å². The van der Waals surface area contributed by atoms with Crippen molar-refractivity contribution in [2.24, 2.45) is 0 Å². The molecule has 1 atom stereocenters. The molecule has 0 aromatic heterocycles. The number of methoxy groups -OCH3 is 1. The summed E-state index contributed by atoms with van der Waals surface area (Å²) in [6.07, 6.45) is 0.154. The molecule has 0 saturated carbocycles. The third-order valence-electron chi connectivity index (χ3n) is 7.00. The smallest absolute Gasteiger partial charge is 0.264 e. The maximum absolute atomic E-state index is 14.4. The molecular formula is C33H32Cl2FN3O5S. The minimum atomic E-state index is -4.35. The molecule has 236 valence electrons. The summed E-state index contributed by atoms with van der Waals surface area (Å²) < 4.78 is 48.0. The van der Waals surface area contributed by atoms with E-state index in [2.05, 4.69) is 5.32 Å². The van der Waals surface area contributed by atoms with Crippen molar-refractivity contribution in [2.45, 2.75) is 30.8 Å². The number of halogens is 3. The highest BCUT2D eigenvalue weighted by Gasteiger charge is 2.34. The molecule has 12 heteroatoms. The summed E-state index contributed by atoms with van der Waals surface area (Å²) >= 11 is 12.4. The summed E-state index contributed by atoms with van der Waals surface area (Å²) in [4.78, 5) is 29.1. The van der Waals surface area contributed by atoms with E-state index in [1.54, 1.807) is 25.1 Å². The number of amides is 2. The first-order chi connectivity index (χ1) is 21.5. The van der Waals surface area contributed by atoms with Gasteiger partial charge in [0.2, 0.25) is 11.8 Å². The molecule has 0 bridgehead atoms. The van der Waals surface area contributed by atoms with Crippen LogP contribution in [0.4, 0.5) is 10.1 Å². The first-order valence-corrected chi connectivity index (χ1v) is 16.2. The van der Waals surface area contributed by atoms with Gasteiger partial charge in [-0.3, -0.25) is 13.9 Å². The van der Waals surface area contributed by atoms with Crippen LogP contribution in [0.1, 0.15) is 18.1 Å². The van der Waals surface area contributed by atoms with E-state index in [0.717, 1.165) is 22.0 Å². The first-order valence-electron chi connectivity index (χ1n) is 14.0. The number of nitrogens with zero attached hydrogens (tertiary/aromatic N) is 2. The number of carbonyl (C=O) groups excluding carboxylic acids is 2. The highest BCUT2D eigenvalue weighted by atomic mass is 35.5. The van der Waals surface area contributed by atoms with E-state index < -0.39 is 40.2 Å². The zero-order valence-corrected chi connectivity index (χ0v) is 26.9. The van der Waals surface area contributed by atoms with Gasteiger partial charge in [-0.1, -0.05) is 59.6 Å². The van der Waals surface area contributed by atoms with E-state index in [1.807, 2.05) is 30.3 Å². The normalized spacial score (nSPS) is 11.8. The standard InChI is InChI=1S/C33H32Cl2FN3O5S/c1-3-37-33(41)31(20-23-7-5-4-6-8-23)38(21-24-9-18-29(34)30(35)19-24)32(40)22-39(26-12-10-25(36)11-13-26)45(42,43)28-16-14-27(44-2)15-17-28/h4-19,31H,3,20-22H2,1-2H3,(H,37,41)/t31-/m1/s1. The van der Waals surface area contributed by atoms with Crippen LogP contribution >= 0.6 is 23.2 Å². The summed E-state index contributed by atoms with van der Waals surface area (Å²) in [6, 6.07) is 23.5. The average Bonchev–Trinajstić information content (AvgIpc) is 3.04. The third kappa shape index (κ3) is 8.54. The molecule has 2 amide bonds. The van der Waals surface area contributed by atoms with Gasteiger partial charge in [0.15, 0.2) is 0 Å². The molecule has 4 aromatic rings. The molecule has 0 saturated heterocycles. The van der Waals surface area contributed by atoms with Crippen molar-refractivity contribution in [3.05, 3.63) is 124 Å². The largest absolute Gasteiger partial charge is 0.497 e. The van der Waals surface area contributed by atoms with E-state index in [9.17, 15) is 22.4 Å². The highest BCUT2D eigenvalue weighted by Crippen LogP contribution is 2.28. The average molecular weight is 673 g/mol. The maximum Gasteiger partial charge on any atom is 0.264 e. The Labute approximate surface area is 272 Å². The summed E-state index contributed by atoms with van der Waals surface area (Å²) in [5.41, 5.74) is 1.43. The summed E-state index contributed by atoms with van der Waals surface area (Å²) in [5.74, 6) is -1.22. The van der Waals surface area contributed by atoms with Gasteiger partial charge in [-0.05, 0) is 78.7 Å². The first kappa shape index (κ1) is 33.8. The Kier molecular flexibility index (Phi) is 11.4. The predicted octanol–water partition coefficient (Wildman–Crippen LogP) is 6.11. The van der Waals surface area contributed by atoms with Gasteiger partial charge in [-0.25, -0.2) is 12.8 Å². The second kappa shape index (κ2) is 15.2. The van der Waals surface area contributed by atoms with Crippen LogP contribution in [-0.2, 0) is 32.6 Å². The molecule has 0 heterocycles. The molecule has 0 aliphatic heterocycles. The van der Waals surface area contributed by atoms with Gasteiger partial charge in [0.25, 0.3) is 10.0 Å². The molecule has 0 aliphatic carbocycles. The van der Waals surface area contributed by atoms with Crippen molar-refractivity contribution in [3.8, 4) is 5.75 Å². The molecule has 4 rings (SSSR count). The van der Waals surface area contributed by atoms with Gasteiger partial charge in [0, 0.05) is 19.5 Å². The van der Waals surface area contributed by atoms with Crippen molar-refractivity contribution in [2.75, 3.05) is 24.5 Å². The molecular weight excluding hydrogens is 640 g/mol. The summed E-state index contributed by atoms with van der Waals surface area (Å²) in [5, 5.41) is 3.37. The Morgan fingerprint density at radius 3 is 2.16 bits per heavy atom. The SMILES string of the molecule is CCNC(=O)[C@@H](Cc1ccccc1)N(Cc1ccc(Cl)c(Cl)c1)C(=O)CN(c1ccc(F)cc1)S(=O)(=O)c1ccc(OC)cc1. The Balaban J connectivity index is 1.80. The van der Waals surface area contributed by atoms with Crippen LogP contribution in [-0.4, -0.2) is 51.4 Å². The number of anilines is 1. The van der Waals surface area contributed by atoms with Crippen LogP contribution in [0.25, 0.3) is 0 Å². The zero-order valence-electron chi connectivity index (χ0n) is 24.6. The van der Waals surface area contributed by atoms with Crippen LogP contribution in [0.5, 0.6) is 5.75 Å². The lowest BCUT2D eigenvalue weighted by molar-refractivity contribution is -0.140. The molecule has 0 fully saturated rings. The van der Waals surface area contributed by atoms with Gasteiger partial charge in [0.1, 0.15) is 24.2 Å². The van der Waals surface area contributed by atoms with E-state index >= 15 is 0 Å². The number of rotatable bonds is 13. The maximum atomic E-state index is 14.4. The van der Waals surface area contributed by atoms with Crippen LogP contribution in [0.15, 0.2) is 102 Å². The van der Waals surface area contributed by atoms with Crippen molar-refractivity contribution in [1.82, 2.24) is 10.2 Å².